The minimum absolute atomic E-state index is 0.615. The summed E-state index contributed by atoms with van der Waals surface area (Å²) < 4.78 is 20.7. The van der Waals surface area contributed by atoms with Crippen LogP contribution in [-0.2, 0) is 4.57 Å². The maximum absolute atomic E-state index is 13.2. The number of nitrogens with zero attached hydrogens (tertiary/aromatic N) is 2. The van der Waals surface area contributed by atoms with Crippen LogP contribution in [0.3, 0.4) is 0 Å². The van der Waals surface area contributed by atoms with Gasteiger partial charge in [0, 0.05) is 25.9 Å². The van der Waals surface area contributed by atoms with Crippen LogP contribution in [0.5, 0.6) is 5.75 Å². The summed E-state index contributed by atoms with van der Waals surface area (Å²) in [5.41, 5.74) is 0. The van der Waals surface area contributed by atoms with Gasteiger partial charge >= 0.3 is 7.67 Å². The third-order valence-corrected chi connectivity index (χ3v) is 5.38. The highest BCUT2D eigenvalue weighted by Crippen LogP contribution is 2.38. The van der Waals surface area contributed by atoms with Crippen molar-refractivity contribution < 1.29 is 18.1 Å². The molecule has 0 aliphatic carbocycles. The van der Waals surface area contributed by atoms with Gasteiger partial charge in [0.15, 0.2) is 0 Å². The average molecular weight is 372 g/mol. The van der Waals surface area contributed by atoms with E-state index >= 15 is 0 Å². The van der Waals surface area contributed by atoms with Crippen LogP contribution in [0, 0.1) is 0 Å². The largest absolute Gasteiger partial charge is 0.422 e. The van der Waals surface area contributed by atoms with Gasteiger partial charge in [-0.15, -0.1) is 0 Å². The lowest BCUT2D eigenvalue weighted by atomic mass is 10.3. The maximum atomic E-state index is 13.2. The summed E-state index contributed by atoms with van der Waals surface area (Å²) in [6.45, 7) is 3.34. The van der Waals surface area contributed by atoms with Gasteiger partial charge in [-0.25, -0.2) is 14.7 Å². The van der Waals surface area contributed by atoms with Crippen molar-refractivity contribution in [2.45, 2.75) is 12.8 Å². The van der Waals surface area contributed by atoms with E-state index in [2.05, 4.69) is 52.5 Å². The predicted molar refractivity (Wildman–Crippen MR) is 106 cm³/mol. The van der Waals surface area contributed by atoms with Crippen molar-refractivity contribution in [3.8, 4) is 5.75 Å². The van der Waals surface area contributed by atoms with E-state index < -0.39 is 7.67 Å². The second-order valence-corrected chi connectivity index (χ2v) is 10.4. The highest BCUT2D eigenvalue weighted by molar-refractivity contribution is 7.55. The molecular weight excluding hydrogens is 335 g/mol. The van der Waals surface area contributed by atoms with E-state index in [0.29, 0.717) is 18.8 Å². The lowest BCUT2D eigenvalue weighted by molar-refractivity contribution is -0.870. The van der Waals surface area contributed by atoms with E-state index in [0.717, 1.165) is 34.9 Å². The molecule has 0 saturated carbocycles. The first-order valence-electron chi connectivity index (χ1n) is 8.95. The summed E-state index contributed by atoms with van der Waals surface area (Å²) in [6.07, 6.45) is 1.87. The van der Waals surface area contributed by atoms with Gasteiger partial charge in [0.2, 0.25) is 0 Å². The monoisotopic (exact) mass is 372 g/mol. The molecule has 1 rings (SSSR count). The third kappa shape index (κ3) is 11.3. The highest BCUT2D eigenvalue weighted by atomic mass is 31.2. The first-order valence-corrected chi connectivity index (χ1v) is 10.6. The summed E-state index contributed by atoms with van der Waals surface area (Å²) in [5.74, 6) is 0.615. The maximum Gasteiger partial charge on any atom is 0.390 e. The van der Waals surface area contributed by atoms with Crippen LogP contribution >= 0.6 is 7.67 Å². The number of rotatable bonds is 12. The van der Waals surface area contributed by atoms with Gasteiger partial charge in [0.25, 0.3) is 0 Å². The summed E-state index contributed by atoms with van der Waals surface area (Å²) in [7, 11) is 9.82. The molecule has 0 bridgehead atoms. The van der Waals surface area contributed by atoms with Gasteiger partial charge in [-0.2, -0.15) is 0 Å². The number of hydrogen-bond acceptors (Lipinski definition) is 2. The fraction of sp³-hybridized carbons (Fsp3) is 0.667. The van der Waals surface area contributed by atoms with Crippen molar-refractivity contribution in [2.75, 3.05) is 68.5 Å². The minimum atomic E-state index is -3.12. The molecule has 0 aliphatic heterocycles. The minimum Gasteiger partial charge on any atom is -0.422 e. The standard InChI is InChI=1S/C18H37N4O2P/c1-21(2,3)16-10-14-19-25(23,20-15-11-17-22(4,5)6)24-18-12-8-7-9-13-18/h7-9,12-13H,10-11,14-17H2,1-6H3,(H2,19,20,23)/q+2. The van der Waals surface area contributed by atoms with E-state index in [1.54, 1.807) is 0 Å². The molecular formula is C18H37N4O2P+2. The van der Waals surface area contributed by atoms with Crippen molar-refractivity contribution in [1.82, 2.24) is 10.2 Å². The molecule has 0 amide bonds. The number of hydrogen-bond donors (Lipinski definition) is 2. The Bertz CT molecular complexity index is 512. The van der Waals surface area contributed by atoms with Gasteiger partial charge in [0.05, 0.1) is 55.4 Å². The molecule has 0 saturated heterocycles. The molecule has 1 aromatic rings. The van der Waals surface area contributed by atoms with Crippen LogP contribution in [0.4, 0.5) is 0 Å². The first kappa shape index (κ1) is 22.1. The highest BCUT2D eigenvalue weighted by Gasteiger charge is 2.24. The van der Waals surface area contributed by atoms with Crippen molar-refractivity contribution in [3.63, 3.8) is 0 Å². The van der Waals surface area contributed by atoms with E-state index in [4.69, 9.17) is 4.52 Å². The Kier molecular flexibility index (Phi) is 8.58. The topological polar surface area (TPSA) is 50.4 Å². The molecule has 0 radical (unpaired) electrons. The molecule has 6 nitrogen and oxygen atoms in total. The smallest absolute Gasteiger partial charge is 0.390 e. The number of benzene rings is 1. The van der Waals surface area contributed by atoms with Crippen LogP contribution in [0.2, 0.25) is 0 Å². The van der Waals surface area contributed by atoms with Crippen LogP contribution < -0.4 is 14.7 Å². The van der Waals surface area contributed by atoms with Gasteiger partial charge in [0.1, 0.15) is 5.75 Å². The van der Waals surface area contributed by atoms with Gasteiger partial charge in [-0.3, -0.25) is 0 Å². The van der Waals surface area contributed by atoms with Crippen LogP contribution in [0.15, 0.2) is 30.3 Å². The van der Waals surface area contributed by atoms with E-state index in [1.165, 1.54) is 0 Å². The van der Waals surface area contributed by atoms with Crippen LogP contribution in [-0.4, -0.2) is 77.4 Å². The Morgan fingerprint density at radius 2 is 1.28 bits per heavy atom. The summed E-state index contributed by atoms with van der Waals surface area (Å²) in [4.78, 5) is 0. The number of nitrogens with one attached hydrogen (secondary N) is 2. The molecule has 0 heterocycles. The van der Waals surface area contributed by atoms with E-state index in [9.17, 15) is 4.57 Å². The average Bonchev–Trinajstić information content (AvgIpc) is 2.48. The lowest BCUT2D eigenvalue weighted by Crippen LogP contribution is -2.38. The Morgan fingerprint density at radius 3 is 1.68 bits per heavy atom. The van der Waals surface area contributed by atoms with E-state index in [1.807, 2.05) is 30.3 Å². The number of quaternary nitrogens is 2. The molecule has 0 fully saturated rings. The molecule has 2 N–H and O–H groups in total. The Balaban J connectivity index is 2.58. The normalized spacial score (nSPS) is 13.0. The molecule has 0 spiro atoms. The quantitative estimate of drug-likeness (QED) is 0.336. The fourth-order valence-corrected chi connectivity index (χ4v) is 3.87. The second kappa shape index (κ2) is 9.70. The lowest BCUT2D eigenvalue weighted by Gasteiger charge is -2.26. The summed E-state index contributed by atoms with van der Waals surface area (Å²) in [5, 5.41) is 6.24. The van der Waals surface area contributed by atoms with Gasteiger partial charge in [-0.05, 0) is 12.1 Å². The second-order valence-electron chi connectivity index (χ2n) is 8.51. The zero-order valence-corrected chi connectivity index (χ0v) is 17.7. The van der Waals surface area contributed by atoms with Crippen LogP contribution in [0.1, 0.15) is 12.8 Å². The predicted octanol–water partition coefficient (Wildman–Crippen LogP) is 2.55. The first-order chi connectivity index (χ1) is 11.5. The molecule has 25 heavy (non-hydrogen) atoms. The van der Waals surface area contributed by atoms with Crippen molar-refractivity contribution in [3.05, 3.63) is 30.3 Å². The molecule has 7 heteroatoms. The third-order valence-electron chi connectivity index (χ3n) is 3.63. The molecule has 0 atom stereocenters. The molecule has 0 aliphatic rings. The van der Waals surface area contributed by atoms with Gasteiger partial charge in [-0.1, -0.05) is 18.2 Å². The molecule has 1 aromatic carbocycles. The Labute approximate surface area is 153 Å². The molecule has 0 unspecified atom stereocenters. The van der Waals surface area contributed by atoms with Crippen molar-refractivity contribution in [1.29, 1.82) is 0 Å². The molecule has 0 aromatic heterocycles. The van der Waals surface area contributed by atoms with Crippen molar-refractivity contribution in [2.24, 2.45) is 0 Å². The summed E-state index contributed by atoms with van der Waals surface area (Å²) >= 11 is 0. The fourth-order valence-electron chi connectivity index (χ4n) is 2.31. The summed E-state index contributed by atoms with van der Waals surface area (Å²) in [6, 6.07) is 9.34. The SMILES string of the molecule is C[N+](C)(C)CCCNP(=O)(NCCC[N+](C)(C)C)Oc1ccccc1. The van der Waals surface area contributed by atoms with Gasteiger partial charge < -0.3 is 13.5 Å². The van der Waals surface area contributed by atoms with E-state index in [-0.39, 0.29) is 0 Å². The van der Waals surface area contributed by atoms with Crippen LogP contribution in [0.25, 0.3) is 0 Å². The Morgan fingerprint density at radius 1 is 0.840 bits per heavy atom. The molecule has 144 valence electrons. The Hall–Kier alpha value is -0.910. The zero-order valence-electron chi connectivity index (χ0n) is 16.8. The number of para-hydroxylation sites is 1. The van der Waals surface area contributed by atoms with Crippen molar-refractivity contribution >= 4 is 7.67 Å². The zero-order chi connectivity index (χ0) is 19.0.